The molecule has 1 N–H and O–H groups in total. The standard InChI is InChI=1S/C13H21N5O/c1-14-13(19)17-8-5-10(6-9-17)12-16-15-11-4-2-3-7-18(11)12/h10H,2-9H2,1H3,(H,14,19). The number of likely N-dealkylation sites (tertiary alicyclic amines) is 1. The molecule has 0 saturated carbocycles. The summed E-state index contributed by atoms with van der Waals surface area (Å²) in [6.07, 6.45) is 5.50. The minimum Gasteiger partial charge on any atom is -0.341 e. The van der Waals surface area contributed by atoms with E-state index >= 15 is 0 Å². The van der Waals surface area contributed by atoms with Gasteiger partial charge in [-0.2, -0.15) is 0 Å². The third kappa shape index (κ3) is 2.31. The van der Waals surface area contributed by atoms with E-state index in [2.05, 4.69) is 20.1 Å². The summed E-state index contributed by atoms with van der Waals surface area (Å²) in [5.74, 6) is 2.75. The first-order chi connectivity index (χ1) is 9.29. The van der Waals surface area contributed by atoms with E-state index in [0.29, 0.717) is 5.92 Å². The molecule has 1 fully saturated rings. The van der Waals surface area contributed by atoms with E-state index in [1.807, 2.05) is 4.90 Å². The number of aryl methyl sites for hydroxylation is 1. The molecule has 0 atom stereocenters. The summed E-state index contributed by atoms with van der Waals surface area (Å²) >= 11 is 0. The molecule has 2 aliphatic heterocycles. The molecule has 2 amide bonds. The largest absolute Gasteiger partial charge is 0.341 e. The first kappa shape index (κ1) is 12.4. The van der Waals surface area contributed by atoms with Gasteiger partial charge in [0.05, 0.1) is 0 Å². The lowest BCUT2D eigenvalue weighted by atomic mass is 9.95. The average molecular weight is 263 g/mol. The molecule has 6 heteroatoms. The van der Waals surface area contributed by atoms with Crippen LogP contribution >= 0.6 is 0 Å². The minimum atomic E-state index is 0.0294. The summed E-state index contributed by atoms with van der Waals surface area (Å²) in [7, 11) is 1.68. The van der Waals surface area contributed by atoms with Crippen molar-refractivity contribution in [3.63, 3.8) is 0 Å². The summed E-state index contributed by atoms with van der Waals surface area (Å²) in [6.45, 7) is 2.69. The minimum absolute atomic E-state index is 0.0294. The molecule has 104 valence electrons. The molecular formula is C13H21N5O. The zero-order chi connectivity index (χ0) is 13.2. The normalized spacial score (nSPS) is 20.2. The summed E-state index contributed by atoms with van der Waals surface area (Å²) < 4.78 is 2.31. The fourth-order valence-electron chi connectivity index (χ4n) is 3.13. The zero-order valence-electron chi connectivity index (χ0n) is 11.4. The second-order valence-corrected chi connectivity index (χ2v) is 5.40. The maximum Gasteiger partial charge on any atom is 0.317 e. The summed E-state index contributed by atoms with van der Waals surface area (Å²) in [5.41, 5.74) is 0. The van der Waals surface area contributed by atoms with Crippen molar-refractivity contribution in [2.24, 2.45) is 0 Å². The molecule has 19 heavy (non-hydrogen) atoms. The number of nitrogens with zero attached hydrogens (tertiary/aromatic N) is 4. The molecule has 1 aromatic heterocycles. The topological polar surface area (TPSA) is 63.1 Å². The van der Waals surface area contributed by atoms with Crippen molar-refractivity contribution in [2.75, 3.05) is 20.1 Å². The molecule has 2 aliphatic rings. The Hall–Kier alpha value is -1.59. The van der Waals surface area contributed by atoms with Crippen molar-refractivity contribution >= 4 is 6.03 Å². The number of nitrogens with one attached hydrogen (secondary N) is 1. The van der Waals surface area contributed by atoms with Crippen LogP contribution in [0.3, 0.4) is 0 Å². The first-order valence-electron chi connectivity index (χ1n) is 7.18. The Kier molecular flexibility index (Phi) is 3.40. The molecular weight excluding hydrogens is 242 g/mol. The van der Waals surface area contributed by atoms with Gasteiger partial charge in [0.1, 0.15) is 11.6 Å². The van der Waals surface area contributed by atoms with Crippen LogP contribution in [0.1, 0.15) is 43.3 Å². The van der Waals surface area contributed by atoms with Gasteiger partial charge in [-0.3, -0.25) is 0 Å². The van der Waals surface area contributed by atoms with Crippen LogP contribution in [0.5, 0.6) is 0 Å². The van der Waals surface area contributed by atoms with Gasteiger partial charge in [0.2, 0.25) is 0 Å². The van der Waals surface area contributed by atoms with Crippen LogP contribution in [-0.4, -0.2) is 45.8 Å². The second kappa shape index (κ2) is 5.19. The lowest BCUT2D eigenvalue weighted by Crippen LogP contribution is -2.43. The van der Waals surface area contributed by atoms with Crippen LogP contribution in [-0.2, 0) is 13.0 Å². The highest BCUT2D eigenvalue weighted by Gasteiger charge is 2.28. The van der Waals surface area contributed by atoms with Crippen LogP contribution in [0.15, 0.2) is 0 Å². The van der Waals surface area contributed by atoms with E-state index in [-0.39, 0.29) is 6.03 Å². The predicted octanol–water partition coefficient (Wildman–Crippen LogP) is 1.13. The van der Waals surface area contributed by atoms with Gasteiger partial charge in [-0.25, -0.2) is 4.79 Å². The number of rotatable bonds is 1. The van der Waals surface area contributed by atoms with Crippen LogP contribution in [0.25, 0.3) is 0 Å². The Morgan fingerprint density at radius 1 is 1.21 bits per heavy atom. The Balaban J connectivity index is 1.68. The molecule has 3 heterocycles. The third-order valence-electron chi connectivity index (χ3n) is 4.25. The lowest BCUT2D eigenvalue weighted by Gasteiger charge is -2.31. The number of carbonyl (C=O) groups is 1. The number of fused-ring (bicyclic) bond motifs is 1. The molecule has 0 bridgehead atoms. The van der Waals surface area contributed by atoms with Crippen molar-refractivity contribution in [2.45, 2.75) is 44.6 Å². The molecule has 0 aromatic carbocycles. The average Bonchev–Trinajstić information content (AvgIpc) is 2.90. The van der Waals surface area contributed by atoms with Crippen LogP contribution in [0.2, 0.25) is 0 Å². The molecule has 1 aromatic rings. The Morgan fingerprint density at radius 2 is 2.00 bits per heavy atom. The molecule has 6 nitrogen and oxygen atoms in total. The summed E-state index contributed by atoms with van der Waals surface area (Å²) in [5, 5.41) is 11.4. The third-order valence-corrected chi connectivity index (χ3v) is 4.25. The predicted molar refractivity (Wildman–Crippen MR) is 71.0 cm³/mol. The van der Waals surface area contributed by atoms with Crippen LogP contribution < -0.4 is 5.32 Å². The van der Waals surface area contributed by atoms with E-state index in [4.69, 9.17) is 0 Å². The Morgan fingerprint density at radius 3 is 2.74 bits per heavy atom. The van der Waals surface area contributed by atoms with Gasteiger partial charge in [-0.1, -0.05) is 0 Å². The molecule has 3 rings (SSSR count). The maximum atomic E-state index is 11.6. The van der Waals surface area contributed by atoms with Gasteiger partial charge < -0.3 is 14.8 Å². The fraction of sp³-hybridized carbons (Fsp3) is 0.769. The molecule has 0 radical (unpaired) electrons. The van der Waals surface area contributed by atoms with Gasteiger partial charge in [0, 0.05) is 39.0 Å². The number of carbonyl (C=O) groups excluding carboxylic acids is 1. The van der Waals surface area contributed by atoms with Crippen molar-refractivity contribution in [1.29, 1.82) is 0 Å². The monoisotopic (exact) mass is 263 g/mol. The van der Waals surface area contributed by atoms with Gasteiger partial charge in [0.25, 0.3) is 0 Å². The van der Waals surface area contributed by atoms with E-state index in [9.17, 15) is 4.79 Å². The molecule has 0 aliphatic carbocycles. The zero-order valence-corrected chi connectivity index (χ0v) is 11.4. The number of hydrogen-bond donors (Lipinski definition) is 1. The number of urea groups is 1. The maximum absolute atomic E-state index is 11.6. The van der Waals surface area contributed by atoms with Gasteiger partial charge >= 0.3 is 6.03 Å². The van der Waals surface area contributed by atoms with Gasteiger partial charge in [0.15, 0.2) is 0 Å². The van der Waals surface area contributed by atoms with Crippen molar-refractivity contribution in [3.8, 4) is 0 Å². The Bertz CT molecular complexity index is 462. The Labute approximate surface area is 113 Å². The van der Waals surface area contributed by atoms with E-state index in [1.165, 1.54) is 12.8 Å². The second-order valence-electron chi connectivity index (χ2n) is 5.40. The van der Waals surface area contributed by atoms with Gasteiger partial charge in [-0.05, 0) is 25.7 Å². The van der Waals surface area contributed by atoms with Crippen molar-refractivity contribution in [1.82, 2.24) is 25.0 Å². The number of hydrogen-bond acceptors (Lipinski definition) is 3. The van der Waals surface area contributed by atoms with Crippen LogP contribution in [0, 0.1) is 0 Å². The van der Waals surface area contributed by atoms with E-state index in [1.54, 1.807) is 7.05 Å². The highest BCUT2D eigenvalue weighted by molar-refractivity contribution is 5.73. The summed E-state index contributed by atoms with van der Waals surface area (Å²) in [4.78, 5) is 13.5. The SMILES string of the molecule is CNC(=O)N1CCC(c2nnc3n2CCCC3)CC1. The van der Waals surface area contributed by atoms with E-state index < -0.39 is 0 Å². The summed E-state index contributed by atoms with van der Waals surface area (Å²) in [6, 6.07) is 0.0294. The highest BCUT2D eigenvalue weighted by atomic mass is 16.2. The highest BCUT2D eigenvalue weighted by Crippen LogP contribution is 2.28. The van der Waals surface area contributed by atoms with E-state index in [0.717, 1.165) is 50.5 Å². The van der Waals surface area contributed by atoms with Crippen LogP contribution in [0.4, 0.5) is 4.79 Å². The number of aromatic nitrogens is 3. The fourth-order valence-corrected chi connectivity index (χ4v) is 3.13. The number of amides is 2. The quantitative estimate of drug-likeness (QED) is 0.826. The van der Waals surface area contributed by atoms with Crippen molar-refractivity contribution in [3.05, 3.63) is 11.6 Å². The molecule has 0 spiro atoms. The first-order valence-corrected chi connectivity index (χ1v) is 7.18. The lowest BCUT2D eigenvalue weighted by molar-refractivity contribution is 0.182. The van der Waals surface area contributed by atoms with Gasteiger partial charge in [-0.15, -0.1) is 10.2 Å². The number of piperidine rings is 1. The molecule has 0 unspecified atom stereocenters. The molecule has 1 saturated heterocycles. The smallest absolute Gasteiger partial charge is 0.317 e. The van der Waals surface area contributed by atoms with Crippen molar-refractivity contribution < 1.29 is 4.79 Å².